The second-order valence-electron chi connectivity index (χ2n) is 6.50. The van der Waals surface area contributed by atoms with Crippen LogP contribution in [0.25, 0.3) is 0 Å². The Bertz CT molecular complexity index is 221. The van der Waals surface area contributed by atoms with E-state index < -0.39 is 0 Å². The quantitative estimate of drug-likeness (QED) is 0.716. The standard InChI is InChI=1S/C15H30N2/c1-3-9-16-11-14(2)12-17-10-8-15(13-17)6-4-5-7-15/h14,16H,3-13H2,1-2H3. The molecule has 1 N–H and O–H groups in total. The highest BCUT2D eigenvalue weighted by atomic mass is 15.2. The third-order valence-electron chi connectivity index (χ3n) is 4.67. The van der Waals surface area contributed by atoms with E-state index in [1.54, 1.807) is 0 Å². The highest BCUT2D eigenvalue weighted by Crippen LogP contribution is 2.45. The SMILES string of the molecule is CCCNCC(C)CN1CCC2(CCCC2)C1. The monoisotopic (exact) mass is 238 g/mol. The molecule has 0 bridgehead atoms. The van der Waals surface area contributed by atoms with Gasteiger partial charge in [-0.25, -0.2) is 0 Å². The molecule has 0 aromatic rings. The zero-order valence-corrected chi connectivity index (χ0v) is 11.8. The Labute approximate surface area is 107 Å². The summed E-state index contributed by atoms with van der Waals surface area (Å²) in [6.07, 6.45) is 8.71. The summed E-state index contributed by atoms with van der Waals surface area (Å²) in [5.41, 5.74) is 0.747. The first-order chi connectivity index (χ1) is 8.24. The maximum absolute atomic E-state index is 3.54. The van der Waals surface area contributed by atoms with Crippen LogP contribution in [0.15, 0.2) is 0 Å². The predicted molar refractivity (Wildman–Crippen MR) is 74.3 cm³/mol. The van der Waals surface area contributed by atoms with Crippen LogP contribution in [-0.2, 0) is 0 Å². The van der Waals surface area contributed by atoms with Crippen molar-refractivity contribution in [2.75, 3.05) is 32.7 Å². The Morgan fingerprint density at radius 3 is 2.71 bits per heavy atom. The van der Waals surface area contributed by atoms with Crippen molar-refractivity contribution >= 4 is 0 Å². The number of nitrogens with one attached hydrogen (secondary N) is 1. The van der Waals surface area contributed by atoms with Crippen LogP contribution < -0.4 is 5.32 Å². The second kappa shape index (κ2) is 6.19. The molecule has 1 saturated heterocycles. The average Bonchev–Trinajstić information content (AvgIpc) is 2.91. The van der Waals surface area contributed by atoms with Crippen LogP contribution in [0.4, 0.5) is 0 Å². The molecule has 1 atom stereocenters. The minimum absolute atomic E-state index is 0.747. The van der Waals surface area contributed by atoms with Gasteiger partial charge < -0.3 is 10.2 Å². The first-order valence-electron chi connectivity index (χ1n) is 7.67. The fraction of sp³-hybridized carbons (Fsp3) is 1.00. The van der Waals surface area contributed by atoms with E-state index in [0.717, 1.165) is 11.3 Å². The van der Waals surface area contributed by atoms with Crippen molar-refractivity contribution < 1.29 is 0 Å². The van der Waals surface area contributed by atoms with Gasteiger partial charge in [0.2, 0.25) is 0 Å². The van der Waals surface area contributed by atoms with Crippen LogP contribution in [0, 0.1) is 11.3 Å². The lowest BCUT2D eigenvalue weighted by atomic mass is 9.86. The molecule has 1 aliphatic heterocycles. The van der Waals surface area contributed by atoms with Gasteiger partial charge in [-0.05, 0) is 56.7 Å². The molecule has 2 nitrogen and oxygen atoms in total. The zero-order chi connectivity index (χ0) is 12.1. The van der Waals surface area contributed by atoms with Crippen molar-refractivity contribution in [3.8, 4) is 0 Å². The average molecular weight is 238 g/mol. The molecule has 1 spiro atoms. The molecule has 0 radical (unpaired) electrons. The fourth-order valence-electron chi connectivity index (χ4n) is 3.75. The summed E-state index contributed by atoms with van der Waals surface area (Å²) in [6.45, 7) is 11.1. The Morgan fingerprint density at radius 1 is 1.24 bits per heavy atom. The summed E-state index contributed by atoms with van der Waals surface area (Å²) in [4.78, 5) is 2.73. The fourth-order valence-corrected chi connectivity index (χ4v) is 3.75. The lowest BCUT2D eigenvalue weighted by Crippen LogP contribution is -2.33. The van der Waals surface area contributed by atoms with Gasteiger partial charge in [0.15, 0.2) is 0 Å². The Hall–Kier alpha value is -0.0800. The molecular weight excluding hydrogens is 208 g/mol. The van der Waals surface area contributed by atoms with E-state index in [2.05, 4.69) is 24.1 Å². The number of hydrogen-bond acceptors (Lipinski definition) is 2. The molecule has 17 heavy (non-hydrogen) atoms. The zero-order valence-electron chi connectivity index (χ0n) is 11.8. The van der Waals surface area contributed by atoms with E-state index in [1.807, 2.05) is 0 Å². The Morgan fingerprint density at radius 2 is 2.00 bits per heavy atom. The molecule has 1 aliphatic carbocycles. The van der Waals surface area contributed by atoms with Gasteiger partial charge in [-0.3, -0.25) is 0 Å². The smallest absolute Gasteiger partial charge is 0.00386 e. The maximum Gasteiger partial charge on any atom is 0.00386 e. The number of rotatable bonds is 6. The molecule has 1 unspecified atom stereocenters. The molecule has 2 rings (SSSR count). The first-order valence-corrected chi connectivity index (χ1v) is 7.67. The predicted octanol–water partition coefficient (Wildman–Crippen LogP) is 2.89. The third kappa shape index (κ3) is 3.69. The maximum atomic E-state index is 3.54. The van der Waals surface area contributed by atoms with Gasteiger partial charge in [0, 0.05) is 13.1 Å². The van der Waals surface area contributed by atoms with Crippen molar-refractivity contribution in [3.63, 3.8) is 0 Å². The Kier molecular flexibility index (Phi) is 4.87. The van der Waals surface area contributed by atoms with Gasteiger partial charge in [0.05, 0.1) is 0 Å². The summed E-state index contributed by atoms with van der Waals surface area (Å²) in [7, 11) is 0. The molecule has 0 amide bonds. The topological polar surface area (TPSA) is 15.3 Å². The minimum atomic E-state index is 0.747. The van der Waals surface area contributed by atoms with Gasteiger partial charge in [0.25, 0.3) is 0 Å². The van der Waals surface area contributed by atoms with Crippen molar-refractivity contribution in [2.45, 2.75) is 52.4 Å². The summed E-state index contributed by atoms with van der Waals surface area (Å²) in [5, 5.41) is 3.54. The minimum Gasteiger partial charge on any atom is -0.316 e. The van der Waals surface area contributed by atoms with E-state index in [-0.39, 0.29) is 0 Å². The molecule has 2 fully saturated rings. The van der Waals surface area contributed by atoms with Crippen LogP contribution >= 0.6 is 0 Å². The van der Waals surface area contributed by atoms with Gasteiger partial charge in [-0.15, -0.1) is 0 Å². The highest BCUT2D eigenvalue weighted by Gasteiger charge is 2.39. The summed E-state index contributed by atoms with van der Waals surface area (Å²) < 4.78 is 0. The normalized spacial score (nSPS) is 25.8. The molecule has 100 valence electrons. The van der Waals surface area contributed by atoms with Crippen LogP contribution in [0.3, 0.4) is 0 Å². The van der Waals surface area contributed by atoms with E-state index in [9.17, 15) is 0 Å². The first kappa shape index (κ1) is 13.4. The molecular formula is C15H30N2. The molecule has 0 aromatic carbocycles. The van der Waals surface area contributed by atoms with Crippen LogP contribution in [0.5, 0.6) is 0 Å². The van der Waals surface area contributed by atoms with Gasteiger partial charge in [-0.1, -0.05) is 26.7 Å². The van der Waals surface area contributed by atoms with E-state index >= 15 is 0 Å². The van der Waals surface area contributed by atoms with Crippen LogP contribution in [0.1, 0.15) is 52.4 Å². The van der Waals surface area contributed by atoms with Crippen LogP contribution in [0.2, 0.25) is 0 Å². The van der Waals surface area contributed by atoms with Crippen molar-refractivity contribution in [1.29, 1.82) is 0 Å². The van der Waals surface area contributed by atoms with Crippen molar-refractivity contribution in [2.24, 2.45) is 11.3 Å². The van der Waals surface area contributed by atoms with Gasteiger partial charge in [-0.2, -0.15) is 0 Å². The Balaban J connectivity index is 1.66. The molecule has 1 heterocycles. The number of nitrogens with zero attached hydrogens (tertiary/aromatic N) is 1. The number of hydrogen-bond donors (Lipinski definition) is 1. The van der Waals surface area contributed by atoms with Crippen LogP contribution in [-0.4, -0.2) is 37.6 Å². The third-order valence-corrected chi connectivity index (χ3v) is 4.67. The molecule has 1 saturated carbocycles. The van der Waals surface area contributed by atoms with Gasteiger partial charge >= 0.3 is 0 Å². The lowest BCUT2D eigenvalue weighted by Gasteiger charge is -2.25. The molecule has 2 aliphatic rings. The summed E-state index contributed by atoms with van der Waals surface area (Å²) in [6, 6.07) is 0. The molecule has 0 aromatic heterocycles. The summed E-state index contributed by atoms with van der Waals surface area (Å²) in [5.74, 6) is 0.804. The van der Waals surface area contributed by atoms with E-state index in [1.165, 1.54) is 71.2 Å². The highest BCUT2D eigenvalue weighted by molar-refractivity contribution is 4.93. The lowest BCUT2D eigenvalue weighted by molar-refractivity contribution is 0.235. The van der Waals surface area contributed by atoms with Crippen molar-refractivity contribution in [1.82, 2.24) is 10.2 Å². The van der Waals surface area contributed by atoms with Gasteiger partial charge in [0.1, 0.15) is 0 Å². The molecule has 2 heteroatoms. The van der Waals surface area contributed by atoms with Crippen molar-refractivity contribution in [3.05, 3.63) is 0 Å². The largest absolute Gasteiger partial charge is 0.316 e. The second-order valence-corrected chi connectivity index (χ2v) is 6.50. The number of likely N-dealkylation sites (tertiary alicyclic amines) is 1. The van der Waals surface area contributed by atoms with E-state index in [0.29, 0.717) is 0 Å². The van der Waals surface area contributed by atoms with E-state index in [4.69, 9.17) is 0 Å². The summed E-state index contributed by atoms with van der Waals surface area (Å²) >= 11 is 0.